The fraction of sp³-hybridized carbons (Fsp3) is 0.143. The molecule has 3 aromatic heterocycles. The van der Waals surface area contributed by atoms with E-state index in [-0.39, 0.29) is 37.3 Å². The van der Waals surface area contributed by atoms with Gasteiger partial charge < -0.3 is 4.57 Å². The Bertz CT molecular complexity index is 5110. The second-order valence-electron chi connectivity index (χ2n) is 27.3. The number of hydrogen-bond acceptors (Lipinski definition) is 3. The predicted molar refractivity (Wildman–Crippen MR) is 382 cm³/mol. The van der Waals surface area contributed by atoms with Gasteiger partial charge in [0, 0.05) is 38.5 Å². The summed E-state index contributed by atoms with van der Waals surface area (Å²) in [5, 5.41) is 9.25. The van der Waals surface area contributed by atoms with Crippen LogP contribution in [0.4, 0.5) is 11.4 Å². The molecule has 0 fully saturated rings. The first kappa shape index (κ1) is 59.5. The normalized spacial score (nSPS) is 12.6. The molecule has 14 aromatic rings. The van der Waals surface area contributed by atoms with Gasteiger partial charge in [0.05, 0.1) is 0 Å². The molecule has 0 bridgehead atoms. The fourth-order valence-electron chi connectivity index (χ4n) is 13.9. The predicted octanol–water partition coefficient (Wildman–Crippen LogP) is 19.2. The van der Waals surface area contributed by atoms with E-state index in [0.717, 1.165) is 66.4 Å². The molecular formula is C84H71GeN4OPt-3. The molecule has 0 unspecified atom stereocenters. The van der Waals surface area contributed by atoms with Crippen molar-refractivity contribution in [3.63, 3.8) is 0 Å². The molecule has 0 saturated heterocycles. The van der Waals surface area contributed by atoms with E-state index in [4.69, 9.17) is 9.72 Å². The second-order valence-corrected chi connectivity index (χ2v) is 35.3. The van der Waals surface area contributed by atoms with Crippen LogP contribution >= 0.6 is 0 Å². The summed E-state index contributed by atoms with van der Waals surface area (Å²) in [4.78, 5) is 7.25. The standard InChI is InChI=1S/C84H71GeN4O.Pt/c1-82(2,3)57-42-44-70-68-34-19-20-35-69(68)73-38-24-37-67(56-48-59(84(7,8)9)50-63(49-56)85(60-26-13-10-14-27-60,61-28-15-11-16-29-61)62-30-17-12-18-31-62)80(73)88-55-87(77-41-25-39-74(81(77)88)75(70)51-57)64-32-23-33-65(53-64)90-66-43-45-72-71-36-21-22-40-76(71)89(78(72)54-66)79-52-58(46-47-86-79)83(4,5)6;/h10-52,55H,1-9H3;/q-3;. The molecule has 11 aromatic carbocycles. The van der Waals surface area contributed by atoms with Crippen molar-refractivity contribution < 1.29 is 25.8 Å². The Morgan fingerprint density at radius 3 is 1.60 bits per heavy atom. The Balaban J connectivity index is 0.00000721. The van der Waals surface area contributed by atoms with Crippen LogP contribution in [0.25, 0.3) is 82.1 Å². The number of ether oxygens (including phenoxy) is 1. The summed E-state index contributed by atoms with van der Waals surface area (Å²) in [6.45, 7) is 23.0. The van der Waals surface area contributed by atoms with E-state index in [9.17, 15) is 0 Å². The van der Waals surface area contributed by atoms with Crippen molar-refractivity contribution in [2.24, 2.45) is 0 Å². The maximum absolute atomic E-state index is 6.93. The summed E-state index contributed by atoms with van der Waals surface area (Å²) in [5.74, 6) is 2.01. The van der Waals surface area contributed by atoms with Gasteiger partial charge in [0.2, 0.25) is 0 Å². The Hall–Kier alpha value is -9.13. The number of rotatable bonds is 9. The third kappa shape index (κ3) is 10.3. The third-order valence-electron chi connectivity index (χ3n) is 18.5. The molecule has 15 rings (SSSR count). The minimum absolute atomic E-state index is 0. The van der Waals surface area contributed by atoms with E-state index in [2.05, 4.69) is 338 Å². The van der Waals surface area contributed by atoms with Gasteiger partial charge in [-0.25, -0.2) is 4.98 Å². The van der Waals surface area contributed by atoms with Crippen LogP contribution in [0, 0.1) is 18.8 Å². The number of nitrogens with zero attached hydrogens (tertiary/aromatic N) is 4. The van der Waals surface area contributed by atoms with Crippen LogP contribution in [0.15, 0.2) is 261 Å². The molecule has 1 aliphatic rings. The Morgan fingerprint density at radius 2 is 0.945 bits per heavy atom. The molecule has 0 amide bonds. The Labute approximate surface area is 551 Å². The summed E-state index contributed by atoms with van der Waals surface area (Å²) in [6, 6.07) is 102. The molecule has 1 aliphatic heterocycles. The van der Waals surface area contributed by atoms with Gasteiger partial charge >= 0.3 is 378 Å². The van der Waals surface area contributed by atoms with Gasteiger partial charge in [-0.1, -0.05) is 65.3 Å². The van der Waals surface area contributed by atoms with E-state index in [1.807, 2.05) is 18.3 Å². The average Bonchev–Trinajstić information content (AvgIpc) is 1.72. The van der Waals surface area contributed by atoms with E-state index in [1.54, 1.807) is 0 Å². The number of hydrogen-bond donors (Lipinski definition) is 0. The van der Waals surface area contributed by atoms with Crippen molar-refractivity contribution in [3.05, 3.63) is 296 Å². The molecule has 4 heterocycles. The monoisotopic (exact) mass is 1420 g/mol. The number of benzene rings is 11. The minimum atomic E-state index is -3.84. The smallest absolute Gasteiger partial charge is 0 e. The van der Waals surface area contributed by atoms with Crippen molar-refractivity contribution in [1.82, 2.24) is 14.1 Å². The maximum atomic E-state index is 6.93. The zero-order valence-electron chi connectivity index (χ0n) is 52.9. The van der Waals surface area contributed by atoms with Gasteiger partial charge in [0.1, 0.15) is 5.82 Å². The first-order chi connectivity index (χ1) is 43.5. The summed E-state index contributed by atoms with van der Waals surface area (Å²) < 4.78 is 17.2. The molecule has 0 aliphatic carbocycles. The number of para-hydroxylation sites is 3. The van der Waals surface area contributed by atoms with Crippen LogP contribution in [-0.2, 0) is 37.3 Å². The number of aromatic nitrogens is 3. The molecule has 7 heteroatoms. The summed E-state index contributed by atoms with van der Waals surface area (Å²) in [5.41, 5.74) is 11.8. The quantitative estimate of drug-likeness (QED) is 0.107. The first-order valence-electron chi connectivity index (χ1n) is 31.4. The van der Waals surface area contributed by atoms with Crippen LogP contribution in [-0.4, -0.2) is 27.4 Å². The van der Waals surface area contributed by atoms with Gasteiger partial charge in [0.25, 0.3) is 0 Å². The van der Waals surface area contributed by atoms with Crippen LogP contribution in [0.1, 0.15) is 79.0 Å². The molecular weight excluding hydrogens is 1350 g/mol. The van der Waals surface area contributed by atoms with Crippen molar-refractivity contribution in [2.75, 3.05) is 4.90 Å². The molecule has 0 radical (unpaired) electrons. The summed E-state index contributed by atoms with van der Waals surface area (Å²) >= 11 is -3.84. The summed E-state index contributed by atoms with van der Waals surface area (Å²) in [6.07, 6.45) is 1.92. The van der Waals surface area contributed by atoms with Gasteiger partial charge in [-0.05, 0) is 34.6 Å². The zero-order chi connectivity index (χ0) is 61.7. The molecule has 0 spiro atoms. The van der Waals surface area contributed by atoms with Gasteiger partial charge in [-0.2, -0.15) is 6.07 Å². The van der Waals surface area contributed by atoms with E-state index < -0.39 is 13.3 Å². The topological polar surface area (TPSA) is 35.2 Å². The Kier molecular flexibility index (Phi) is 15.0. The van der Waals surface area contributed by atoms with Crippen molar-refractivity contribution in [2.45, 2.75) is 78.6 Å². The van der Waals surface area contributed by atoms with Crippen molar-refractivity contribution in [1.29, 1.82) is 0 Å². The van der Waals surface area contributed by atoms with E-state index in [1.165, 1.54) is 61.4 Å². The molecule has 450 valence electrons. The third-order valence-corrected chi connectivity index (χ3v) is 28.5. The first-order valence-corrected chi connectivity index (χ1v) is 35.6. The van der Waals surface area contributed by atoms with Crippen LogP contribution in [0.3, 0.4) is 0 Å². The molecule has 0 atom stereocenters. The number of anilines is 2. The van der Waals surface area contributed by atoms with Crippen LogP contribution in [0.5, 0.6) is 11.5 Å². The zero-order valence-corrected chi connectivity index (χ0v) is 57.3. The molecule has 5 nitrogen and oxygen atoms in total. The van der Waals surface area contributed by atoms with Gasteiger partial charge in [-0.15, -0.1) is 17.5 Å². The number of fused-ring (bicyclic) bond motifs is 10. The SMILES string of the molecule is CC(C)(C)c1cc(-c2cccc3c4ccccc4c4ccc(C(C)(C)C)cc4c4cccc5c4n(c23)[CH-]N5c2[c-]c(Oc3[c-]c4c(cc3)c3ccccc3n4-c3cc(C(C)(C)C)ccn3)ccc2)c[c]([Ge]([c]2ccccc2)([c]2ccccc2)[c]2ccccc2)c1.[Pt]. The second kappa shape index (κ2) is 23.0. The molecule has 91 heavy (non-hydrogen) atoms. The van der Waals surface area contributed by atoms with Crippen molar-refractivity contribution in [3.8, 4) is 28.4 Å². The largest absolute Gasteiger partial charge is 0 e. The summed E-state index contributed by atoms with van der Waals surface area (Å²) in [7, 11) is 0. The fourth-order valence-corrected chi connectivity index (χ4v) is 24.0. The average molecular weight is 1420 g/mol. The number of pyridine rings is 1. The molecule has 0 saturated carbocycles. The van der Waals surface area contributed by atoms with Gasteiger partial charge in [-0.3, -0.25) is 0 Å². The van der Waals surface area contributed by atoms with E-state index in [0.29, 0.717) is 11.5 Å². The minimum Gasteiger partial charge on any atom is 0 e. The van der Waals surface area contributed by atoms with Crippen LogP contribution < -0.4 is 27.2 Å². The maximum Gasteiger partial charge on any atom is 0 e. The van der Waals surface area contributed by atoms with E-state index >= 15 is 0 Å². The van der Waals surface area contributed by atoms with Gasteiger partial charge in [0.15, 0.2) is 0 Å². The van der Waals surface area contributed by atoms with Crippen LogP contribution in [0.2, 0.25) is 0 Å². The van der Waals surface area contributed by atoms with Crippen molar-refractivity contribution >= 4 is 107 Å². The molecule has 0 N–H and O–H groups in total. The Morgan fingerprint density at radius 1 is 0.407 bits per heavy atom.